The second kappa shape index (κ2) is 6.42. The van der Waals surface area contributed by atoms with Crippen molar-refractivity contribution in [2.75, 3.05) is 0 Å². The van der Waals surface area contributed by atoms with Gasteiger partial charge in [0.25, 0.3) is 0 Å². The maximum atomic E-state index is 3.99. The van der Waals surface area contributed by atoms with Crippen LogP contribution in [0.1, 0.15) is 44.2 Å². The van der Waals surface area contributed by atoms with E-state index in [2.05, 4.69) is 57.4 Å². The molecule has 0 saturated carbocycles. The van der Waals surface area contributed by atoms with Gasteiger partial charge >= 0.3 is 113 Å². The molecule has 0 heterocycles. The normalized spacial score (nSPS) is 14.4. The summed E-state index contributed by atoms with van der Waals surface area (Å²) < 4.78 is 0.385. The van der Waals surface area contributed by atoms with Gasteiger partial charge in [0, 0.05) is 0 Å². The fourth-order valence-corrected chi connectivity index (χ4v) is 3.51. The molecule has 0 amide bonds. The maximum absolute atomic E-state index is 3.99. The Labute approximate surface area is 113 Å². The molecule has 94 valence electrons. The van der Waals surface area contributed by atoms with Crippen LogP contribution >= 0.6 is 0 Å². The van der Waals surface area contributed by atoms with Crippen LogP contribution in [0.15, 0.2) is 36.4 Å². The fraction of sp³-hybridized carbons (Fsp3) is 0.500. The summed E-state index contributed by atoms with van der Waals surface area (Å²) in [6.07, 6.45) is 3.70. The van der Waals surface area contributed by atoms with Crippen LogP contribution in [0.5, 0.6) is 0 Å². The Kier molecular flexibility index (Phi) is 5.49. The Morgan fingerprint density at radius 1 is 1.29 bits per heavy atom. The zero-order chi connectivity index (χ0) is 12.9. The zero-order valence-electron chi connectivity index (χ0n) is 11.5. The van der Waals surface area contributed by atoms with Gasteiger partial charge in [0.2, 0.25) is 0 Å². The van der Waals surface area contributed by atoms with Gasteiger partial charge in [-0.3, -0.25) is 0 Å². The average Bonchev–Trinajstić information content (AvgIpc) is 2.29. The van der Waals surface area contributed by atoms with Gasteiger partial charge in [0.05, 0.1) is 0 Å². The average molecular weight is 295 g/mol. The topological polar surface area (TPSA) is 0 Å². The van der Waals surface area contributed by atoms with Gasteiger partial charge in [0.1, 0.15) is 0 Å². The molecule has 17 heavy (non-hydrogen) atoms. The first-order valence-electron chi connectivity index (χ1n) is 6.24. The Morgan fingerprint density at radius 3 is 2.35 bits per heavy atom. The first-order chi connectivity index (χ1) is 7.98. The number of rotatable bonds is 6. The van der Waals surface area contributed by atoms with Crippen molar-refractivity contribution in [3.8, 4) is 0 Å². The number of allylic oxidation sites excluding steroid dienone is 1. The summed E-state index contributed by atoms with van der Waals surface area (Å²) in [7, 11) is 0. The van der Waals surface area contributed by atoms with E-state index in [-0.39, 0.29) is 0 Å². The van der Waals surface area contributed by atoms with Crippen LogP contribution in [0.3, 0.4) is 0 Å². The van der Waals surface area contributed by atoms with Crippen molar-refractivity contribution in [3.63, 3.8) is 0 Å². The van der Waals surface area contributed by atoms with Gasteiger partial charge in [-0.25, -0.2) is 0 Å². The fourth-order valence-electron chi connectivity index (χ4n) is 2.00. The Bertz CT molecular complexity index is 364. The molecule has 1 rings (SSSR count). The van der Waals surface area contributed by atoms with Crippen molar-refractivity contribution in [1.29, 1.82) is 0 Å². The van der Waals surface area contributed by atoms with Crippen LogP contribution in [-0.4, -0.2) is 15.0 Å². The van der Waals surface area contributed by atoms with E-state index >= 15 is 0 Å². The monoisotopic (exact) mass is 296 g/mol. The Balaban J connectivity index is 2.73. The van der Waals surface area contributed by atoms with Crippen LogP contribution in [0.25, 0.3) is 0 Å². The van der Waals surface area contributed by atoms with Crippen LogP contribution in [0.2, 0.25) is 5.82 Å². The predicted molar refractivity (Wildman–Crippen MR) is 78.8 cm³/mol. The summed E-state index contributed by atoms with van der Waals surface area (Å²) in [6.45, 7) is 10.7. The van der Waals surface area contributed by atoms with Gasteiger partial charge in [0.15, 0.2) is 0 Å². The summed E-state index contributed by atoms with van der Waals surface area (Å²) in [5, 5.41) is 0. The van der Waals surface area contributed by atoms with E-state index in [0.29, 0.717) is 19.3 Å². The van der Waals surface area contributed by atoms with Gasteiger partial charge in [-0.05, 0) is 0 Å². The van der Waals surface area contributed by atoms with E-state index in [1.54, 1.807) is 0 Å². The van der Waals surface area contributed by atoms with Crippen LogP contribution in [-0.2, 0) is 4.31 Å². The predicted octanol–water partition coefficient (Wildman–Crippen LogP) is 4.71. The third kappa shape index (κ3) is 4.33. The second-order valence-electron chi connectivity index (χ2n) is 5.11. The molecule has 0 aliphatic carbocycles. The van der Waals surface area contributed by atoms with Crippen molar-refractivity contribution in [3.05, 3.63) is 47.5 Å². The minimum absolute atomic E-state index is 0.385. The van der Waals surface area contributed by atoms with E-state index in [4.69, 9.17) is 0 Å². The van der Waals surface area contributed by atoms with E-state index in [1.807, 2.05) is 0 Å². The van der Waals surface area contributed by atoms with Crippen LogP contribution in [0, 0.1) is 6.92 Å². The molecule has 0 aliphatic rings. The van der Waals surface area contributed by atoms with Crippen LogP contribution in [0.4, 0.5) is 0 Å². The molecular formula is C16H24Se. The third-order valence-electron chi connectivity index (χ3n) is 3.37. The van der Waals surface area contributed by atoms with Crippen molar-refractivity contribution in [2.24, 2.45) is 0 Å². The third-order valence-corrected chi connectivity index (χ3v) is 6.18. The summed E-state index contributed by atoms with van der Waals surface area (Å²) in [6, 6.07) is 9.08. The van der Waals surface area contributed by atoms with Crippen molar-refractivity contribution >= 4 is 15.0 Å². The number of benzene rings is 1. The molecule has 1 aromatic rings. The molecule has 0 fully saturated rings. The standard InChI is InChI=1S/C16H24Se/c1-13(2)7-6-12-16(4,17-5)15-10-8-14(3)9-11-15/h8-11H,1,6-7,12H2,2-5H3/t16-/m1/s1. The first-order valence-corrected chi connectivity index (χ1v) is 8.81. The van der Waals surface area contributed by atoms with Crippen molar-refractivity contribution < 1.29 is 0 Å². The van der Waals surface area contributed by atoms with Gasteiger partial charge in [-0.15, -0.1) is 0 Å². The molecule has 0 radical (unpaired) electrons. The summed E-state index contributed by atoms with van der Waals surface area (Å²) in [5.41, 5.74) is 4.16. The SMILES string of the molecule is C=C(C)CCC[C@@](C)([Se]C)c1ccc(C)cc1. The second-order valence-corrected chi connectivity index (χ2v) is 7.86. The van der Waals surface area contributed by atoms with Crippen molar-refractivity contribution in [1.82, 2.24) is 0 Å². The summed E-state index contributed by atoms with van der Waals surface area (Å²) in [5.74, 6) is 2.35. The molecule has 0 unspecified atom stereocenters. The molecule has 1 aromatic carbocycles. The van der Waals surface area contributed by atoms with E-state index < -0.39 is 0 Å². The Hall–Kier alpha value is -0.521. The van der Waals surface area contributed by atoms with Crippen LogP contribution < -0.4 is 0 Å². The van der Waals surface area contributed by atoms with E-state index in [9.17, 15) is 0 Å². The van der Waals surface area contributed by atoms with E-state index in [1.165, 1.54) is 29.5 Å². The number of aryl methyl sites for hydroxylation is 1. The molecule has 0 nitrogen and oxygen atoms in total. The quantitative estimate of drug-likeness (QED) is 0.527. The van der Waals surface area contributed by atoms with Crippen molar-refractivity contribution in [2.45, 2.75) is 50.2 Å². The molecule has 1 heteroatoms. The Morgan fingerprint density at radius 2 is 1.88 bits per heavy atom. The number of hydrogen-bond acceptors (Lipinski definition) is 0. The molecule has 0 N–H and O–H groups in total. The molecule has 0 aliphatic heterocycles. The van der Waals surface area contributed by atoms with Gasteiger partial charge < -0.3 is 0 Å². The van der Waals surface area contributed by atoms with Gasteiger partial charge in [-0.2, -0.15) is 0 Å². The van der Waals surface area contributed by atoms with Gasteiger partial charge in [-0.1, -0.05) is 0 Å². The summed E-state index contributed by atoms with van der Waals surface area (Å²) in [4.78, 5) is 0. The molecule has 0 spiro atoms. The molecular weight excluding hydrogens is 271 g/mol. The molecule has 0 saturated heterocycles. The minimum atomic E-state index is 0.385. The summed E-state index contributed by atoms with van der Waals surface area (Å²) >= 11 is 0.636. The first kappa shape index (κ1) is 14.5. The number of hydrogen-bond donors (Lipinski definition) is 0. The molecule has 0 bridgehead atoms. The zero-order valence-corrected chi connectivity index (χ0v) is 13.3. The van der Waals surface area contributed by atoms with E-state index in [0.717, 1.165) is 6.42 Å². The molecule has 0 aromatic heterocycles. The molecule has 1 atom stereocenters.